The highest BCUT2D eigenvalue weighted by molar-refractivity contribution is 9.10. The van der Waals surface area contributed by atoms with Gasteiger partial charge in [-0.1, -0.05) is 46.3 Å². The number of carbonyl (C=O) groups is 2. The minimum atomic E-state index is -3.75. The molecule has 0 saturated carbocycles. The van der Waals surface area contributed by atoms with Crippen LogP contribution >= 0.6 is 15.9 Å². The highest BCUT2D eigenvalue weighted by Gasteiger charge is 2.31. The molecule has 0 aliphatic carbocycles. The van der Waals surface area contributed by atoms with Crippen molar-refractivity contribution in [3.8, 4) is 0 Å². The zero-order valence-corrected chi connectivity index (χ0v) is 22.3. The van der Waals surface area contributed by atoms with Gasteiger partial charge in [-0.25, -0.2) is 8.42 Å². The number of aryl methyl sites for hydroxylation is 1. The number of amides is 2. The third-order valence-electron chi connectivity index (χ3n) is 4.97. The van der Waals surface area contributed by atoms with E-state index in [0.29, 0.717) is 5.69 Å². The molecule has 0 aromatic heterocycles. The fourth-order valence-corrected chi connectivity index (χ4v) is 4.32. The first-order valence-corrected chi connectivity index (χ1v) is 13.2. The van der Waals surface area contributed by atoms with Crippen LogP contribution in [0.25, 0.3) is 0 Å². The van der Waals surface area contributed by atoms with E-state index in [1.807, 2.05) is 58.0 Å². The number of hydrogen-bond donors (Lipinski definition) is 1. The summed E-state index contributed by atoms with van der Waals surface area (Å²) in [4.78, 5) is 27.8. The molecule has 2 aromatic rings. The number of sulfonamides is 1. The minimum Gasteiger partial charge on any atom is -0.350 e. The lowest BCUT2D eigenvalue weighted by Crippen LogP contribution is -2.54. The van der Waals surface area contributed by atoms with Crippen molar-refractivity contribution in [2.75, 3.05) is 17.1 Å². The van der Waals surface area contributed by atoms with Crippen molar-refractivity contribution < 1.29 is 18.0 Å². The second kappa shape index (κ2) is 10.7. The molecule has 0 spiro atoms. The average molecular weight is 539 g/mol. The predicted octanol–water partition coefficient (Wildman–Crippen LogP) is 3.86. The van der Waals surface area contributed by atoms with Crippen LogP contribution in [0, 0.1) is 6.92 Å². The van der Waals surface area contributed by atoms with Gasteiger partial charge in [-0.15, -0.1) is 0 Å². The largest absolute Gasteiger partial charge is 0.350 e. The Morgan fingerprint density at radius 2 is 1.70 bits per heavy atom. The van der Waals surface area contributed by atoms with E-state index >= 15 is 0 Å². The van der Waals surface area contributed by atoms with Crippen molar-refractivity contribution in [2.45, 2.75) is 52.7 Å². The molecular formula is C24H32BrN3O4S. The van der Waals surface area contributed by atoms with E-state index in [4.69, 9.17) is 0 Å². The summed E-state index contributed by atoms with van der Waals surface area (Å²) in [7, 11) is -3.75. The second-order valence-corrected chi connectivity index (χ2v) is 11.9. The number of halogens is 1. The SMILES string of the molecule is Cc1cc(N(CC(=O)N(Cc2ccccc2)[C@@H](C)C(=O)NC(C)(C)C)S(C)(=O)=O)ccc1Br. The standard InChI is InChI=1S/C24H32BrN3O4S/c1-17-14-20(12-13-21(17)25)28(33(6,31)32)16-22(29)27(15-19-10-8-7-9-11-19)18(2)23(30)26-24(3,4)5/h7-14,18H,15-16H2,1-6H3,(H,26,30)/t18-/m0/s1. The third-order valence-corrected chi connectivity index (χ3v) is 7.00. The van der Waals surface area contributed by atoms with Crippen molar-refractivity contribution in [1.82, 2.24) is 10.2 Å². The summed E-state index contributed by atoms with van der Waals surface area (Å²) in [5.41, 5.74) is 1.60. The van der Waals surface area contributed by atoms with Crippen molar-refractivity contribution in [3.63, 3.8) is 0 Å². The maximum atomic E-state index is 13.5. The molecule has 9 heteroatoms. The lowest BCUT2D eigenvalue weighted by molar-refractivity contribution is -0.140. The quantitative estimate of drug-likeness (QED) is 0.553. The molecule has 0 aliphatic heterocycles. The van der Waals surface area contributed by atoms with E-state index in [2.05, 4.69) is 21.2 Å². The zero-order valence-electron chi connectivity index (χ0n) is 19.9. The molecule has 33 heavy (non-hydrogen) atoms. The number of hydrogen-bond acceptors (Lipinski definition) is 4. The highest BCUT2D eigenvalue weighted by atomic mass is 79.9. The van der Waals surface area contributed by atoms with Gasteiger partial charge in [-0.05, 0) is 63.9 Å². The normalized spacial score (nSPS) is 12.7. The van der Waals surface area contributed by atoms with E-state index in [-0.39, 0.29) is 12.5 Å². The van der Waals surface area contributed by atoms with Crippen LogP contribution in [-0.4, -0.2) is 49.5 Å². The van der Waals surface area contributed by atoms with Gasteiger partial charge in [-0.3, -0.25) is 13.9 Å². The van der Waals surface area contributed by atoms with E-state index in [0.717, 1.165) is 26.2 Å². The molecule has 1 N–H and O–H groups in total. The van der Waals surface area contributed by atoms with Crippen LogP contribution in [0.4, 0.5) is 5.69 Å². The van der Waals surface area contributed by atoms with Gasteiger partial charge in [0, 0.05) is 16.6 Å². The Labute approximate surface area is 205 Å². The van der Waals surface area contributed by atoms with Crippen molar-refractivity contribution in [1.29, 1.82) is 0 Å². The van der Waals surface area contributed by atoms with E-state index < -0.39 is 34.1 Å². The smallest absolute Gasteiger partial charge is 0.244 e. The van der Waals surface area contributed by atoms with E-state index in [9.17, 15) is 18.0 Å². The number of anilines is 1. The summed E-state index contributed by atoms with van der Waals surface area (Å²) in [6, 6.07) is 13.6. The zero-order chi connectivity index (χ0) is 25.0. The molecule has 180 valence electrons. The summed E-state index contributed by atoms with van der Waals surface area (Å²) in [6.45, 7) is 8.84. The van der Waals surface area contributed by atoms with Crippen LogP contribution in [0.3, 0.4) is 0 Å². The lowest BCUT2D eigenvalue weighted by Gasteiger charge is -2.33. The summed E-state index contributed by atoms with van der Waals surface area (Å²) < 4.78 is 27.1. The van der Waals surface area contributed by atoms with Gasteiger partial charge >= 0.3 is 0 Å². The first-order valence-electron chi connectivity index (χ1n) is 10.6. The Bertz CT molecular complexity index is 1100. The van der Waals surface area contributed by atoms with E-state index in [1.54, 1.807) is 25.1 Å². The topological polar surface area (TPSA) is 86.8 Å². The molecular weight excluding hydrogens is 506 g/mol. The fourth-order valence-electron chi connectivity index (χ4n) is 3.23. The molecule has 2 aromatic carbocycles. The van der Waals surface area contributed by atoms with Crippen LogP contribution in [-0.2, 0) is 26.2 Å². The predicted molar refractivity (Wildman–Crippen MR) is 135 cm³/mol. The van der Waals surface area contributed by atoms with Gasteiger partial charge in [0.15, 0.2) is 0 Å². The van der Waals surface area contributed by atoms with Gasteiger partial charge in [-0.2, -0.15) is 0 Å². The summed E-state index contributed by atoms with van der Waals surface area (Å²) >= 11 is 3.41. The monoisotopic (exact) mass is 537 g/mol. The molecule has 0 radical (unpaired) electrons. The summed E-state index contributed by atoms with van der Waals surface area (Å²) in [6.07, 6.45) is 1.06. The molecule has 0 heterocycles. The molecule has 0 bridgehead atoms. The molecule has 7 nitrogen and oxygen atoms in total. The Hall–Kier alpha value is -2.39. The van der Waals surface area contributed by atoms with Crippen LogP contribution in [0.2, 0.25) is 0 Å². The van der Waals surface area contributed by atoms with Gasteiger partial charge in [0.25, 0.3) is 0 Å². The van der Waals surface area contributed by atoms with Crippen LogP contribution in [0.5, 0.6) is 0 Å². The van der Waals surface area contributed by atoms with Crippen molar-refractivity contribution >= 4 is 43.5 Å². The first kappa shape index (κ1) is 26.9. The summed E-state index contributed by atoms with van der Waals surface area (Å²) in [5, 5.41) is 2.90. The molecule has 2 rings (SSSR count). The third kappa shape index (κ3) is 7.85. The lowest BCUT2D eigenvalue weighted by atomic mass is 10.1. The number of carbonyl (C=O) groups excluding carboxylic acids is 2. The van der Waals surface area contributed by atoms with Crippen LogP contribution < -0.4 is 9.62 Å². The number of benzene rings is 2. The van der Waals surface area contributed by atoms with Crippen molar-refractivity contribution in [2.24, 2.45) is 0 Å². The maximum absolute atomic E-state index is 13.5. The molecule has 0 saturated heterocycles. The average Bonchev–Trinajstić information content (AvgIpc) is 2.70. The molecule has 0 aliphatic rings. The number of nitrogens with one attached hydrogen (secondary N) is 1. The van der Waals surface area contributed by atoms with Gasteiger partial charge < -0.3 is 10.2 Å². The summed E-state index contributed by atoms with van der Waals surface area (Å²) in [5.74, 6) is -0.779. The molecule has 0 fully saturated rings. The Morgan fingerprint density at radius 1 is 1.09 bits per heavy atom. The number of rotatable bonds is 8. The molecule has 0 unspecified atom stereocenters. The van der Waals surface area contributed by atoms with Gasteiger partial charge in [0.1, 0.15) is 12.6 Å². The second-order valence-electron chi connectivity index (χ2n) is 9.13. The van der Waals surface area contributed by atoms with E-state index in [1.165, 1.54) is 4.90 Å². The molecule has 1 atom stereocenters. The fraction of sp³-hybridized carbons (Fsp3) is 0.417. The van der Waals surface area contributed by atoms with Crippen LogP contribution in [0.1, 0.15) is 38.8 Å². The van der Waals surface area contributed by atoms with Crippen molar-refractivity contribution in [3.05, 3.63) is 64.1 Å². The minimum absolute atomic E-state index is 0.176. The van der Waals surface area contributed by atoms with Crippen LogP contribution in [0.15, 0.2) is 53.0 Å². The number of nitrogens with zero attached hydrogens (tertiary/aromatic N) is 2. The maximum Gasteiger partial charge on any atom is 0.244 e. The molecule has 2 amide bonds. The Balaban J connectivity index is 2.40. The Kier molecular flexibility index (Phi) is 8.70. The first-order chi connectivity index (χ1) is 15.2. The van der Waals surface area contributed by atoms with Gasteiger partial charge in [0.05, 0.1) is 11.9 Å². The highest BCUT2D eigenvalue weighted by Crippen LogP contribution is 2.25. The van der Waals surface area contributed by atoms with Gasteiger partial charge in [0.2, 0.25) is 21.8 Å². The Morgan fingerprint density at radius 3 is 2.21 bits per heavy atom.